The molecular formula is C10H12. The summed E-state index contributed by atoms with van der Waals surface area (Å²) in [5.74, 6) is 6.45. The summed E-state index contributed by atoms with van der Waals surface area (Å²) in [4.78, 5) is 0. The highest BCUT2D eigenvalue weighted by atomic mass is 14.1. The topological polar surface area (TPSA) is 0 Å². The number of allylic oxidation sites excluding steroid dienone is 4. The lowest BCUT2D eigenvalue weighted by Crippen LogP contribution is -1.80. The second-order valence-electron chi connectivity index (χ2n) is 2.88. The van der Waals surface area contributed by atoms with Crippen LogP contribution in [0.3, 0.4) is 0 Å². The van der Waals surface area contributed by atoms with Crippen molar-refractivity contribution in [3.63, 3.8) is 0 Å². The highest BCUT2D eigenvalue weighted by molar-refractivity contribution is 5.42. The van der Waals surface area contributed by atoms with Gasteiger partial charge in [0.05, 0.1) is 0 Å². The SMILES string of the molecule is CC(C)=C/C=C(/C)C1C#C1. The fourth-order valence-electron chi connectivity index (χ4n) is 0.664. The van der Waals surface area contributed by atoms with Crippen LogP contribution in [0.4, 0.5) is 0 Å². The zero-order chi connectivity index (χ0) is 7.56. The van der Waals surface area contributed by atoms with Gasteiger partial charge in [-0.1, -0.05) is 29.6 Å². The third-order valence-corrected chi connectivity index (χ3v) is 1.42. The zero-order valence-electron chi connectivity index (χ0n) is 6.73. The molecule has 0 heterocycles. The summed E-state index contributed by atoms with van der Waals surface area (Å²) >= 11 is 0. The summed E-state index contributed by atoms with van der Waals surface area (Å²) < 4.78 is 0. The molecule has 0 amide bonds. The summed E-state index contributed by atoms with van der Waals surface area (Å²) in [6, 6.07) is 0. The van der Waals surface area contributed by atoms with Gasteiger partial charge in [0.1, 0.15) is 5.92 Å². The molecule has 1 aliphatic rings. The molecule has 0 nitrogen and oxygen atoms in total. The molecule has 0 heteroatoms. The third-order valence-electron chi connectivity index (χ3n) is 1.42. The molecule has 0 aliphatic heterocycles. The molecule has 0 fully saturated rings. The molecular weight excluding hydrogens is 120 g/mol. The predicted molar refractivity (Wildman–Crippen MR) is 44.5 cm³/mol. The van der Waals surface area contributed by atoms with Gasteiger partial charge in [0.15, 0.2) is 0 Å². The molecule has 1 rings (SSSR count). The fourth-order valence-corrected chi connectivity index (χ4v) is 0.664. The maximum atomic E-state index is 3.01. The van der Waals surface area contributed by atoms with E-state index in [4.69, 9.17) is 0 Å². The van der Waals surface area contributed by atoms with Crippen molar-refractivity contribution in [1.82, 2.24) is 0 Å². The van der Waals surface area contributed by atoms with Gasteiger partial charge in [-0.2, -0.15) is 0 Å². The monoisotopic (exact) mass is 132 g/mol. The summed E-state index contributed by atoms with van der Waals surface area (Å²) in [5.41, 5.74) is 2.67. The Bertz CT molecular complexity index is 231. The van der Waals surface area contributed by atoms with Gasteiger partial charge >= 0.3 is 0 Å². The second kappa shape index (κ2) is 2.75. The third kappa shape index (κ3) is 2.11. The molecule has 10 heavy (non-hydrogen) atoms. The van der Waals surface area contributed by atoms with Crippen molar-refractivity contribution in [2.75, 3.05) is 0 Å². The van der Waals surface area contributed by atoms with Gasteiger partial charge in [0.25, 0.3) is 0 Å². The van der Waals surface area contributed by atoms with Gasteiger partial charge in [0, 0.05) is 0 Å². The molecule has 52 valence electrons. The van der Waals surface area contributed by atoms with Gasteiger partial charge in [-0.25, -0.2) is 0 Å². The van der Waals surface area contributed by atoms with Crippen molar-refractivity contribution in [3.8, 4) is 11.8 Å². The first-order chi connectivity index (χ1) is 4.70. The second-order valence-corrected chi connectivity index (χ2v) is 2.88. The average Bonchev–Trinajstić information content (AvgIpc) is 2.63. The van der Waals surface area contributed by atoms with E-state index in [1.54, 1.807) is 0 Å². The van der Waals surface area contributed by atoms with Crippen molar-refractivity contribution in [2.24, 2.45) is 5.92 Å². The average molecular weight is 132 g/mol. The number of rotatable bonds is 2. The van der Waals surface area contributed by atoms with Gasteiger partial charge in [-0.15, -0.1) is 0 Å². The van der Waals surface area contributed by atoms with E-state index in [0.717, 1.165) is 0 Å². The normalized spacial score (nSPS) is 15.7. The van der Waals surface area contributed by atoms with Gasteiger partial charge in [-0.3, -0.25) is 0 Å². The van der Waals surface area contributed by atoms with Gasteiger partial charge in [-0.05, 0) is 26.3 Å². The Morgan fingerprint density at radius 1 is 1.10 bits per heavy atom. The van der Waals surface area contributed by atoms with Crippen molar-refractivity contribution < 1.29 is 0 Å². The van der Waals surface area contributed by atoms with E-state index in [9.17, 15) is 0 Å². The van der Waals surface area contributed by atoms with E-state index in [1.165, 1.54) is 11.1 Å². The Kier molecular flexibility index (Phi) is 1.97. The van der Waals surface area contributed by atoms with Crippen molar-refractivity contribution in [3.05, 3.63) is 23.3 Å². The highest BCUT2D eigenvalue weighted by Crippen LogP contribution is 2.16. The first-order valence-corrected chi connectivity index (χ1v) is 3.53. The summed E-state index contributed by atoms with van der Waals surface area (Å²) in [5, 5.41) is 0. The van der Waals surface area contributed by atoms with Crippen LogP contribution in [-0.4, -0.2) is 0 Å². The minimum absolute atomic E-state index is 0.426. The minimum Gasteiger partial charge on any atom is -0.0806 e. The highest BCUT2D eigenvalue weighted by Gasteiger charge is 2.10. The first-order valence-electron chi connectivity index (χ1n) is 3.53. The Balaban J connectivity index is 2.45. The van der Waals surface area contributed by atoms with Crippen LogP contribution in [0, 0.1) is 17.8 Å². The Hall–Kier alpha value is -0.960. The molecule has 0 aromatic carbocycles. The summed E-state index contributed by atoms with van der Waals surface area (Å²) in [6.07, 6.45) is 4.25. The largest absolute Gasteiger partial charge is 0.102 e. The molecule has 0 atom stereocenters. The summed E-state index contributed by atoms with van der Waals surface area (Å²) in [6.45, 7) is 6.30. The molecule has 1 aliphatic carbocycles. The lowest BCUT2D eigenvalue weighted by molar-refractivity contribution is 1.12. The van der Waals surface area contributed by atoms with E-state index >= 15 is 0 Å². The fraction of sp³-hybridized carbons (Fsp3) is 0.400. The predicted octanol–water partition coefficient (Wildman–Crippen LogP) is 2.53. The van der Waals surface area contributed by atoms with Crippen LogP contribution in [0.15, 0.2) is 23.3 Å². The van der Waals surface area contributed by atoms with Crippen LogP contribution < -0.4 is 0 Å². The molecule has 0 saturated carbocycles. The lowest BCUT2D eigenvalue weighted by atomic mass is 10.1. The molecule has 0 bridgehead atoms. The Morgan fingerprint density at radius 2 is 1.70 bits per heavy atom. The van der Waals surface area contributed by atoms with E-state index in [-0.39, 0.29) is 0 Å². The standard InChI is InChI=1S/C10H12/c1-8(2)4-5-9(3)10-6-7-10/h4-5,10H,1-3H3/b9-5-. The van der Waals surface area contributed by atoms with E-state index < -0.39 is 0 Å². The van der Waals surface area contributed by atoms with Crippen LogP contribution in [0.2, 0.25) is 0 Å². The van der Waals surface area contributed by atoms with Crippen molar-refractivity contribution in [2.45, 2.75) is 20.8 Å². The van der Waals surface area contributed by atoms with Crippen molar-refractivity contribution >= 4 is 0 Å². The Labute approximate surface area is 62.6 Å². The first kappa shape index (κ1) is 7.15. The minimum atomic E-state index is 0.426. The lowest BCUT2D eigenvalue weighted by Gasteiger charge is -1.91. The van der Waals surface area contributed by atoms with Crippen molar-refractivity contribution in [1.29, 1.82) is 0 Å². The van der Waals surface area contributed by atoms with Gasteiger partial charge in [0.2, 0.25) is 0 Å². The van der Waals surface area contributed by atoms with Gasteiger partial charge < -0.3 is 0 Å². The molecule has 0 saturated heterocycles. The summed E-state index contributed by atoms with van der Waals surface area (Å²) in [7, 11) is 0. The molecule has 0 N–H and O–H groups in total. The van der Waals surface area contributed by atoms with E-state index in [1.807, 2.05) is 0 Å². The number of hydrogen-bond donors (Lipinski definition) is 0. The maximum absolute atomic E-state index is 3.01. The number of hydrogen-bond acceptors (Lipinski definition) is 0. The smallest absolute Gasteiger partial charge is 0.0806 e. The molecule has 0 aromatic rings. The van der Waals surface area contributed by atoms with Crippen LogP contribution in [0.25, 0.3) is 0 Å². The molecule has 0 aromatic heterocycles. The van der Waals surface area contributed by atoms with Crippen LogP contribution in [0.1, 0.15) is 20.8 Å². The molecule has 0 radical (unpaired) electrons. The molecule has 0 unspecified atom stereocenters. The van der Waals surface area contributed by atoms with Crippen LogP contribution in [0.5, 0.6) is 0 Å². The van der Waals surface area contributed by atoms with Crippen LogP contribution >= 0.6 is 0 Å². The quantitative estimate of drug-likeness (QED) is 0.400. The Morgan fingerprint density at radius 3 is 2.10 bits per heavy atom. The van der Waals surface area contributed by atoms with Crippen LogP contribution in [-0.2, 0) is 0 Å². The molecule has 0 spiro atoms. The van der Waals surface area contributed by atoms with E-state index in [2.05, 4.69) is 44.8 Å². The zero-order valence-corrected chi connectivity index (χ0v) is 6.73. The maximum Gasteiger partial charge on any atom is 0.102 e. The van der Waals surface area contributed by atoms with E-state index in [0.29, 0.717) is 5.92 Å².